The fourth-order valence-electron chi connectivity index (χ4n) is 1.28. The summed E-state index contributed by atoms with van der Waals surface area (Å²) in [5.41, 5.74) is 10.9. The predicted octanol–water partition coefficient (Wildman–Crippen LogP) is -0.819. The van der Waals surface area contributed by atoms with Gasteiger partial charge in [0.15, 0.2) is 0 Å². The molecule has 0 aromatic heterocycles. The first-order valence-electron chi connectivity index (χ1n) is 3.54. The Labute approximate surface area is 70.0 Å². The van der Waals surface area contributed by atoms with Gasteiger partial charge >= 0.3 is 6.03 Å². The molecule has 0 aromatic rings. The quantitative estimate of drug-likeness (QED) is 0.502. The molecule has 12 heavy (non-hydrogen) atoms. The number of carbonyl (C=O) groups excluding carboxylic acids is 2. The highest BCUT2D eigenvalue weighted by Crippen LogP contribution is 2.19. The molecular weight excluding hydrogens is 158 g/mol. The van der Waals surface area contributed by atoms with Gasteiger partial charge in [0.2, 0.25) is 5.91 Å². The van der Waals surface area contributed by atoms with Gasteiger partial charge < -0.3 is 16.4 Å². The minimum Gasteiger partial charge on any atom is -0.368 e. The van der Waals surface area contributed by atoms with E-state index in [4.69, 9.17) is 11.5 Å². The molecule has 0 aromatic carbocycles. The molecule has 0 saturated carbocycles. The van der Waals surface area contributed by atoms with Crippen LogP contribution < -0.4 is 11.5 Å². The highest BCUT2D eigenvalue weighted by atomic mass is 16.2. The number of hydrogen-bond donors (Lipinski definition) is 2. The zero-order chi connectivity index (χ0) is 9.30. The number of primary amides is 2. The van der Waals surface area contributed by atoms with Gasteiger partial charge in [-0.3, -0.25) is 4.79 Å². The lowest BCUT2D eigenvalue weighted by atomic mass is 10.2. The maximum Gasteiger partial charge on any atom is 0.315 e. The topological polar surface area (TPSA) is 89.4 Å². The molecular formula is C7H11N3O2. The summed E-state index contributed by atoms with van der Waals surface area (Å²) in [7, 11) is 0. The molecule has 3 amide bonds. The van der Waals surface area contributed by atoms with Gasteiger partial charge in [0.05, 0.1) is 0 Å². The van der Waals surface area contributed by atoms with E-state index in [1.165, 1.54) is 4.90 Å². The summed E-state index contributed by atoms with van der Waals surface area (Å²) in [5.74, 6) is -0.535. The standard InChI is InChI=1S/C7H11N3O2/c1-4-2-5(6(8)11)10(3-4)7(9)12/h5H,1-3H2,(H2,8,11)(H2,9,12). The van der Waals surface area contributed by atoms with Crippen molar-refractivity contribution >= 4 is 11.9 Å². The van der Waals surface area contributed by atoms with E-state index in [9.17, 15) is 9.59 Å². The van der Waals surface area contributed by atoms with Crippen LogP contribution in [0.5, 0.6) is 0 Å². The molecule has 66 valence electrons. The van der Waals surface area contributed by atoms with Gasteiger partial charge in [0.1, 0.15) is 6.04 Å². The minimum absolute atomic E-state index is 0.336. The zero-order valence-electron chi connectivity index (χ0n) is 6.62. The maximum absolute atomic E-state index is 10.8. The number of carbonyl (C=O) groups is 2. The largest absolute Gasteiger partial charge is 0.368 e. The van der Waals surface area contributed by atoms with Gasteiger partial charge in [-0.25, -0.2) is 4.79 Å². The van der Waals surface area contributed by atoms with Crippen molar-refractivity contribution in [1.29, 1.82) is 0 Å². The van der Waals surface area contributed by atoms with Crippen molar-refractivity contribution in [2.45, 2.75) is 12.5 Å². The Morgan fingerprint density at radius 3 is 2.42 bits per heavy atom. The number of nitrogens with zero attached hydrogens (tertiary/aromatic N) is 1. The lowest BCUT2D eigenvalue weighted by Gasteiger charge is -2.18. The van der Waals surface area contributed by atoms with Crippen LogP contribution in [0.25, 0.3) is 0 Å². The summed E-state index contributed by atoms with van der Waals surface area (Å²) in [6.45, 7) is 4.00. The second kappa shape index (κ2) is 2.84. The molecule has 0 bridgehead atoms. The predicted molar refractivity (Wildman–Crippen MR) is 43.0 cm³/mol. The van der Waals surface area contributed by atoms with Crippen molar-refractivity contribution in [3.05, 3.63) is 12.2 Å². The lowest BCUT2D eigenvalue weighted by Crippen LogP contribution is -2.46. The minimum atomic E-state index is -0.627. The first kappa shape index (κ1) is 8.58. The van der Waals surface area contributed by atoms with Crippen molar-refractivity contribution in [2.24, 2.45) is 11.5 Å². The Balaban J connectivity index is 2.79. The summed E-state index contributed by atoms with van der Waals surface area (Å²) in [6, 6.07) is -1.23. The van der Waals surface area contributed by atoms with Crippen LogP contribution in [0.15, 0.2) is 12.2 Å². The fraction of sp³-hybridized carbons (Fsp3) is 0.429. The smallest absolute Gasteiger partial charge is 0.315 e. The van der Waals surface area contributed by atoms with Gasteiger partial charge in [-0.05, 0) is 6.42 Å². The van der Waals surface area contributed by atoms with Crippen molar-refractivity contribution in [3.63, 3.8) is 0 Å². The zero-order valence-corrected chi connectivity index (χ0v) is 6.62. The monoisotopic (exact) mass is 169 g/mol. The summed E-state index contributed by atoms with van der Waals surface area (Å²) in [6.07, 6.45) is 0.429. The van der Waals surface area contributed by atoms with Crippen molar-refractivity contribution in [3.8, 4) is 0 Å². The first-order valence-corrected chi connectivity index (χ1v) is 3.54. The Kier molecular flexibility index (Phi) is 2.03. The van der Waals surface area contributed by atoms with E-state index in [1.807, 2.05) is 0 Å². The average Bonchev–Trinajstić information content (AvgIpc) is 2.31. The molecule has 1 fully saturated rings. The first-order chi connectivity index (χ1) is 5.52. The van der Waals surface area contributed by atoms with Gasteiger partial charge in [0, 0.05) is 6.54 Å². The van der Waals surface area contributed by atoms with Crippen LogP contribution in [0.2, 0.25) is 0 Å². The van der Waals surface area contributed by atoms with E-state index in [0.29, 0.717) is 13.0 Å². The number of likely N-dealkylation sites (tertiary alicyclic amines) is 1. The molecule has 5 nitrogen and oxygen atoms in total. The number of amides is 3. The maximum atomic E-state index is 10.8. The third kappa shape index (κ3) is 1.39. The third-order valence-electron chi connectivity index (χ3n) is 1.86. The second-order valence-electron chi connectivity index (χ2n) is 2.84. The number of hydrogen-bond acceptors (Lipinski definition) is 2. The SMILES string of the molecule is C=C1CC(C(N)=O)N(C(N)=O)C1. The van der Waals surface area contributed by atoms with Gasteiger partial charge in [-0.2, -0.15) is 0 Å². The molecule has 1 rings (SSSR count). The number of rotatable bonds is 1. The molecule has 0 radical (unpaired) electrons. The van der Waals surface area contributed by atoms with Crippen LogP contribution in [-0.4, -0.2) is 29.4 Å². The van der Waals surface area contributed by atoms with E-state index >= 15 is 0 Å². The van der Waals surface area contributed by atoms with E-state index in [-0.39, 0.29) is 0 Å². The lowest BCUT2D eigenvalue weighted by molar-refractivity contribution is -0.121. The highest BCUT2D eigenvalue weighted by Gasteiger charge is 2.33. The van der Waals surface area contributed by atoms with Crippen LogP contribution >= 0.6 is 0 Å². The van der Waals surface area contributed by atoms with E-state index < -0.39 is 18.0 Å². The Bertz CT molecular complexity index is 225. The van der Waals surface area contributed by atoms with E-state index in [2.05, 4.69) is 6.58 Å². The van der Waals surface area contributed by atoms with Crippen LogP contribution in [0.4, 0.5) is 4.79 Å². The number of urea groups is 1. The Morgan fingerprint density at radius 1 is 1.50 bits per heavy atom. The summed E-state index contributed by atoms with van der Waals surface area (Å²) in [5, 5.41) is 0. The van der Waals surface area contributed by atoms with Crippen LogP contribution in [0.1, 0.15) is 6.42 Å². The molecule has 5 heteroatoms. The third-order valence-corrected chi connectivity index (χ3v) is 1.86. The number of nitrogens with two attached hydrogens (primary N) is 2. The average molecular weight is 169 g/mol. The molecule has 0 aliphatic carbocycles. The molecule has 1 aliphatic rings. The van der Waals surface area contributed by atoms with E-state index in [1.54, 1.807) is 0 Å². The molecule has 1 atom stereocenters. The highest BCUT2D eigenvalue weighted by molar-refractivity contribution is 5.86. The molecule has 1 saturated heterocycles. The van der Waals surface area contributed by atoms with Crippen molar-refractivity contribution < 1.29 is 9.59 Å². The normalized spacial score (nSPS) is 22.8. The van der Waals surface area contributed by atoms with Gasteiger partial charge in [-0.15, -0.1) is 0 Å². The van der Waals surface area contributed by atoms with Gasteiger partial charge in [0.25, 0.3) is 0 Å². The molecule has 1 unspecified atom stereocenters. The molecule has 1 aliphatic heterocycles. The second-order valence-corrected chi connectivity index (χ2v) is 2.84. The molecule has 1 heterocycles. The Morgan fingerprint density at radius 2 is 2.08 bits per heavy atom. The van der Waals surface area contributed by atoms with Crippen molar-refractivity contribution in [1.82, 2.24) is 4.90 Å². The van der Waals surface area contributed by atoms with Crippen molar-refractivity contribution in [2.75, 3.05) is 6.54 Å². The van der Waals surface area contributed by atoms with Crippen LogP contribution in [-0.2, 0) is 4.79 Å². The van der Waals surface area contributed by atoms with Crippen LogP contribution in [0.3, 0.4) is 0 Å². The summed E-state index contributed by atoms with van der Waals surface area (Å²) in [4.78, 5) is 22.8. The van der Waals surface area contributed by atoms with Crippen LogP contribution in [0, 0.1) is 0 Å². The summed E-state index contributed by atoms with van der Waals surface area (Å²) >= 11 is 0. The van der Waals surface area contributed by atoms with Gasteiger partial charge in [-0.1, -0.05) is 12.2 Å². The molecule has 0 spiro atoms. The fourth-order valence-corrected chi connectivity index (χ4v) is 1.28. The molecule has 4 N–H and O–H groups in total. The summed E-state index contributed by atoms with van der Waals surface area (Å²) < 4.78 is 0. The Hall–Kier alpha value is -1.52. The van der Waals surface area contributed by atoms with E-state index in [0.717, 1.165) is 5.57 Å².